The van der Waals surface area contributed by atoms with E-state index in [1.807, 2.05) is 4.90 Å². The molecule has 2 fully saturated rings. The number of nitrogens with one attached hydrogen (secondary N) is 1. The summed E-state index contributed by atoms with van der Waals surface area (Å²) >= 11 is 12.5. The molecule has 1 spiro atoms. The zero-order chi connectivity index (χ0) is 29.5. The molecule has 0 saturated carbocycles. The van der Waals surface area contributed by atoms with Crippen molar-refractivity contribution in [2.75, 3.05) is 30.3 Å². The molecule has 2 saturated heterocycles. The van der Waals surface area contributed by atoms with Crippen molar-refractivity contribution in [2.24, 2.45) is 5.41 Å². The Kier molecular flexibility index (Phi) is 7.97. The maximum Gasteiger partial charge on any atom is 0.429 e. The van der Waals surface area contributed by atoms with Gasteiger partial charge in [0.15, 0.2) is 0 Å². The van der Waals surface area contributed by atoms with Crippen molar-refractivity contribution in [1.82, 2.24) is 15.3 Å². The Hall–Kier alpha value is -3.28. The van der Waals surface area contributed by atoms with Gasteiger partial charge >= 0.3 is 12.1 Å². The number of carboxylic acid groups (broad SMARTS) is 1. The molecule has 2 aromatic carbocycles. The van der Waals surface area contributed by atoms with Crippen molar-refractivity contribution in [3.8, 4) is 17.0 Å². The number of nitrogens with two attached hydrogens (primary N) is 1. The summed E-state index contributed by atoms with van der Waals surface area (Å²) < 4.78 is 49.1. The van der Waals surface area contributed by atoms with Crippen molar-refractivity contribution in [2.45, 2.75) is 44.5 Å². The maximum atomic E-state index is 14.5. The Morgan fingerprint density at radius 2 is 1.90 bits per heavy atom. The Balaban J connectivity index is 1.42. The van der Waals surface area contributed by atoms with Crippen LogP contribution in [0.25, 0.3) is 11.1 Å². The molecule has 0 radical (unpaired) electrons. The third kappa shape index (κ3) is 6.32. The first-order valence-electron chi connectivity index (χ1n) is 13.0. The average molecular weight is 610 g/mol. The van der Waals surface area contributed by atoms with Crippen molar-refractivity contribution in [3.63, 3.8) is 0 Å². The number of halogens is 5. The molecule has 0 aliphatic carbocycles. The van der Waals surface area contributed by atoms with Crippen LogP contribution in [0.5, 0.6) is 5.88 Å². The molecule has 3 heterocycles. The van der Waals surface area contributed by atoms with Crippen LogP contribution >= 0.6 is 23.2 Å². The SMILES string of the molecule is Cc1ccc(-c2cc(Cl)ccc2[C@@H](Oc2cc(N3CCC4(CC3)CNC(C(=O)O)C4)nc(N)n2)C(F)(F)F)cc1Cl. The molecule has 13 heteroatoms. The predicted molar refractivity (Wildman–Crippen MR) is 150 cm³/mol. The lowest BCUT2D eigenvalue weighted by Crippen LogP contribution is -2.41. The van der Waals surface area contributed by atoms with E-state index in [1.54, 1.807) is 25.1 Å². The van der Waals surface area contributed by atoms with Gasteiger partial charge in [-0.25, -0.2) is 0 Å². The summed E-state index contributed by atoms with van der Waals surface area (Å²) in [5, 5.41) is 13.1. The number of carbonyl (C=O) groups is 1. The highest BCUT2D eigenvalue weighted by molar-refractivity contribution is 6.32. The number of hydrogen-bond donors (Lipinski definition) is 3. The minimum atomic E-state index is -4.81. The summed E-state index contributed by atoms with van der Waals surface area (Å²) in [6.45, 7) is 3.45. The van der Waals surface area contributed by atoms with Gasteiger partial charge in [-0.15, -0.1) is 0 Å². The van der Waals surface area contributed by atoms with Crippen LogP contribution in [-0.4, -0.2) is 52.9 Å². The van der Waals surface area contributed by atoms with Gasteiger partial charge in [-0.2, -0.15) is 23.1 Å². The first-order chi connectivity index (χ1) is 19.3. The standard InChI is InChI=1S/C28H28Cl2F3N5O3/c1-15-2-3-16(10-20(15)30)19-11-17(29)4-5-18(19)24(28(31,32)33)41-23-12-22(36-26(34)37-23)38-8-6-27(7-9-38)13-21(25(39)40)35-14-27/h2-5,10-12,21,24,35H,6-9,13-14H2,1H3,(H,39,40)(H2,34,36,37)/t21?,24-/m1/s1. The molecule has 0 bridgehead atoms. The number of carboxylic acids is 1. The van der Waals surface area contributed by atoms with E-state index in [1.165, 1.54) is 24.3 Å². The minimum Gasteiger partial charge on any atom is -0.480 e. The van der Waals surface area contributed by atoms with Crippen molar-refractivity contribution in [1.29, 1.82) is 0 Å². The lowest BCUT2D eigenvalue weighted by atomic mass is 9.76. The number of piperidine rings is 1. The molecule has 1 aromatic heterocycles. The summed E-state index contributed by atoms with van der Waals surface area (Å²) in [7, 11) is 0. The van der Waals surface area contributed by atoms with Crippen molar-refractivity contribution >= 4 is 40.9 Å². The summed E-state index contributed by atoms with van der Waals surface area (Å²) in [6, 6.07) is 9.83. The van der Waals surface area contributed by atoms with Crippen LogP contribution in [0.1, 0.15) is 36.5 Å². The fraction of sp³-hybridized carbons (Fsp3) is 0.393. The van der Waals surface area contributed by atoms with Gasteiger partial charge in [-0.05, 0) is 66.5 Å². The number of nitrogens with zero attached hydrogens (tertiary/aromatic N) is 3. The van der Waals surface area contributed by atoms with Crippen LogP contribution in [0.15, 0.2) is 42.5 Å². The van der Waals surface area contributed by atoms with Gasteiger partial charge in [-0.1, -0.05) is 41.4 Å². The zero-order valence-corrected chi connectivity index (χ0v) is 23.5. The first kappa shape index (κ1) is 29.2. The van der Waals surface area contributed by atoms with Crippen LogP contribution in [0.2, 0.25) is 10.0 Å². The van der Waals surface area contributed by atoms with E-state index < -0.39 is 24.3 Å². The number of benzene rings is 2. The van der Waals surface area contributed by atoms with E-state index >= 15 is 0 Å². The van der Waals surface area contributed by atoms with Crippen molar-refractivity contribution < 1.29 is 27.8 Å². The summed E-state index contributed by atoms with van der Waals surface area (Å²) in [5.41, 5.74) is 7.04. The number of aliphatic carboxylic acids is 1. The molecule has 2 aliphatic heterocycles. The number of ether oxygens (including phenoxy) is 1. The smallest absolute Gasteiger partial charge is 0.429 e. The van der Waals surface area contributed by atoms with Crippen LogP contribution in [-0.2, 0) is 4.79 Å². The van der Waals surface area contributed by atoms with Gasteiger partial charge in [0.1, 0.15) is 11.9 Å². The molecule has 3 aromatic rings. The highest BCUT2D eigenvalue weighted by atomic mass is 35.5. The third-order valence-corrected chi connectivity index (χ3v) is 8.47. The Morgan fingerprint density at radius 3 is 2.54 bits per heavy atom. The maximum absolute atomic E-state index is 14.5. The molecule has 1 unspecified atom stereocenters. The van der Waals surface area contributed by atoms with Gasteiger partial charge in [0.25, 0.3) is 0 Å². The number of hydrogen-bond acceptors (Lipinski definition) is 7. The summed E-state index contributed by atoms with van der Waals surface area (Å²) in [5.74, 6) is -1.09. The number of alkyl halides is 3. The first-order valence-corrected chi connectivity index (χ1v) is 13.7. The summed E-state index contributed by atoms with van der Waals surface area (Å²) in [6.07, 6.45) is -5.28. The second-order valence-corrected chi connectivity index (χ2v) is 11.5. The van der Waals surface area contributed by atoms with Crippen LogP contribution < -0.4 is 20.7 Å². The van der Waals surface area contributed by atoms with Crippen molar-refractivity contribution in [3.05, 3.63) is 63.6 Å². The third-order valence-electron chi connectivity index (χ3n) is 7.83. The number of nitrogen functional groups attached to an aromatic ring is 1. The normalized spacial score (nSPS) is 19.4. The lowest BCUT2D eigenvalue weighted by molar-refractivity contribution is -0.198. The topological polar surface area (TPSA) is 114 Å². The van der Waals surface area contributed by atoms with E-state index in [9.17, 15) is 23.1 Å². The Labute approximate surface area is 244 Å². The Morgan fingerprint density at radius 1 is 1.17 bits per heavy atom. The Bertz CT molecular complexity index is 1460. The number of aromatic nitrogens is 2. The monoisotopic (exact) mass is 609 g/mol. The molecule has 0 amide bonds. The highest BCUT2D eigenvalue weighted by Gasteiger charge is 2.46. The number of rotatable bonds is 6. The molecular weight excluding hydrogens is 582 g/mol. The van der Waals surface area contributed by atoms with Gasteiger partial charge < -0.3 is 25.8 Å². The fourth-order valence-corrected chi connectivity index (χ4v) is 5.88. The fourth-order valence-electron chi connectivity index (χ4n) is 5.53. The predicted octanol–water partition coefficient (Wildman–Crippen LogP) is 6.06. The van der Waals surface area contributed by atoms with Gasteiger partial charge in [0, 0.05) is 41.3 Å². The number of aryl methyl sites for hydroxylation is 1. The van der Waals surface area contributed by atoms with Gasteiger partial charge in [0.2, 0.25) is 17.9 Å². The number of anilines is 2. The average Bonchev–Trinajstić information content (AvgIpc) is 3.32. The second-order valence-electron chi connectivity index (χ2n) is 10.6. The molecular formula is C28H28Cl2F3N5O3. The van der Waals surface area contributed by atoms with Crippen LogP contribution in [0, 0.1) is 12.3 Å². The van der Waals surface area contributed by atoms with E-state index in [4.69, 9.17) is 33.7 Å². The molecule has 4 N–H and O–H groups in total. The molecule has 218 valence electrons. The summed E-state index contributed by atoms with van der Waals surface area (Å²) in [4.78, 5) is 21.5. The molecule has 2 atom stereocenters. The van der Waals surface area contributed by atoms with Gasteiger partial charge in [-0.3, -0.25) is 4.79 Å². The molecule has 41 heavy (non-hydrogen) atoms. The van der Waals surface area contributed by atoms with E-state index in [0.717, 1.165) is 5.56 Å². The molecule has 8 nitrogen and oxygen atoms in total. The van der Waals surface area contributed by atoms with Crippen LogP contribution in [0.3, 0.4) is 0 Å². The quantitative estimate of drug-likeness (QED) is 0.309. The van der Waals surface area contributed by atoms with Crippen LogP contribution in [0.4, 0.5) is 24.9 Å². The second kappa shape index (κ2) is 11.2. The van der Waals surface area contributed by atoms with E-state index in [0.29, 0.717) is 55.3 Å². The van der Waals surface area contributed by atoms with Gasteiger partial charge in [0.05, 0.1) is 0 Å². The van der Waals surface area contributed by atoms with E-state index in [2.05, 4.69) is 15.3 Å². The highest BCUT2D eigenvalue weighted by Crippen LogP contribution is 2.44. The molecule has 5 rings (SSSR count). The minimum absolute atomic E-state index is 0.150. The van der Waals surface area contributed by atoms with E-state index in [-0.39, 0.29) is 33.4 Å². The largest absolute Gasteiger partial charge is 0.480 e. The molecule has 2 aliphatic rings. The lowest BCUT2D eigenvalue weighted by Gasteiger charge is -2.39. The zero-order valence-electron chi connectivity index (χ0n) is 22.0.